The Hall–Kier alpha value is -2.03. The third-order valence-electron chi connectivity index (χ3n) is 3.34. The molecule has 0 saturated carbocycles. The average molecular weight is 260 g/mol. The second-order valence-electron chi connectivity index (χ2n) is 4.56. The van der Waals surface area contributed by atoms with Crippen LogP contribution < -0.4 is 0 Å². The zero-order valence-electron chi connectivity index (χ0n) is 10.0. The van der Waals surface area contributed by atoms with E-state index < -0.39 is 11.7 Å². The van der Waals surface area contributed by atoms with E-state index >= 15 is 0 Å². The van der Waals surface area contributed by atoms with Crippen LogP contribution in [0.25, 0.3) is 17.2 Å². The van der Waals surface area contributed by atoms with Crippen LogP contribution in [0.1, 0.15) is 16.7 Å². The van der Waals surface area contributed by atoms with Gasteiger partial charge < -0.3 is 0 Å². The zero-order valence-corrected chi connectivity index (χ0v) is 10.0. The lowest BCUT2D eigenvalue weighted by Gasteiger charge is -2.10. The summed E-state index contributed by atoms with van der Waals surface area (Å²) < 4.78 is 37.6. The van der Waals surface area contributed by atoms with E-state index in [1.807, 2.05) is 24.3 Å². The lowest BCUT2D eigenvalue weighted by molar-refractivity contribution is -0.137. The van der Waals surface area contributed by atoms with Gasteiger partial charge >= 0.3 is 6.18 Å². The van der Waals surface area contributed by atoms with E-state index in [-0.39, 0.29) is 0 Å². The van der Waals surface area contributed by atoms with Gasteiger partial charge in [0.2, 0.25) is 0 Å². The predicted molar refractivity (Wildman–Crippen MR) is 69.6 cm³/mol. The van der Waals surface area contributed by atoms with Gasteiger partial charge in [0.1, 0.15) is 0 Å². The minimum Gasteiger partial charge on any atom is -0.166 e. The summed E-state index contributed by atoms with van der Waals surface area (Å²) in [5, 5.41) is 0. The molecule has 0 nitrogen and oxygen atoms in total. The van der Waals surface area contributed by atoms with Gasteiger partial charge in [0.15, 0.2) is 0 Å². The molecule has 0 amide bonds. The monoisotopic (exact) mass is 260 g/mol. The van der Waals surface area contributed by atoms with Crippen molar-refractivity contribution in [1.29, 1.82) is 0 Å². The molecule has 0 radical (unpaired) electrons. The van der Waals surface area contributed by atoms with Crippen molar-refractivity contribution >= 4 is 6.08 Å². The number of hydrogen-bond donors (Lipinski definition) is 0. The van der Waals surface area contributed by atoms with Gasteiger partial charge in [0.05, 0.1) is 5.56 Å². The van der Waals surface area contributed by atoms with E-state index in [1.54, 1.807) is 0 Å². The molecule has 3 rings (SSSR count). The van der Waals surface area contributed by atoms with Crippen molar-refractivity contribution in [3.63, 3.8) is 0 Å². The summed E-state index contributed by atoms with van der Waals surface area (Å²) in [5.74, 6) is 0. The molecule has 96 valence electrons. The fraction of sp³-hybridized carbons (Fsp3) is 0.125. The Labute approximate surface area is 109 Å². The van der Waals surface area contributed by atoms with Crippen molar-refractivity contribution in [2.75, 3.05) is 0 Å². The van der Waals surface area contributed by atoms with E-state index in [9.17, 15) is 13.2 Å². The first-order valence-electron chi connectivity index (χ1n) is 6.02. The highest BCUT2D eigenvalue weighted by atomic mass is 19.4. The van der Waals surface area contributed by atoms with Crippen LogP contribution in [0.3, 0.4) is 0 Å². The molecular formula is C16H11F3. The molecular weight excluding hydrogens is 249 g/mol. The van der Waals surface area contributed by atoms with E-state index in [2.05, 4.69) is 6.08 Å². The number of benzene rings is 2. The average Bonchev–Trinajstić information content (AvgIpc) is 2.86. The van der Waals surface area contributed by atoms with Crippen LogP contribution in [0.15, 0.2) is 48.5 Å². The minimum atomic E-state index is -4.28. The second kappa shape index (κ2) is 4.26. The van der Waals surface area contributed by atoms with E-state index in [1.165, 1.54) is 17.7 Å². The molecule has 0 aromatic heterocycles. The third-order valence-corrected chi connectivity index (χ3v) is 3.34. The summed E-state index contributed by atoms with van der Waals surface area (Å²) in [6.45, 7) is 0. The Morgan fingerprint density at radius 3 is 2.32 bits per heavy atom. The lowest BCUT2D eigenvalue weighted by Crippen LogP contribution is -2.04. The predicted octanol–water partition coefficient (Wildman–Crippen LogP) is 4.94. The summed E-state index contributed by atoms with van der Waals surface area (Å²) >= 11 is 0. The van der Waals surface area contributed by atoms with Gasteiger partial charge in [-0.15, -0.1) is 0 Å². The molecule has 0 spiro atoms. The van der Waals surface area contributed by atoms with Crippen LogP contribution in [-0.4, -0.2) is 0 Å². The normalized spacial score (nSPS) is 13.6. The maximum atomic E-state index is 12.5. The number of alkyl halides is 3. The first kappa shape index (κ1) is 12.0. The summed E-state index contributed by atoms with van der Waals surface area (Å²) in [7, 11) is 0. The van der Waals surface area contributed by atoms with Gasteiger partial charge in [-0.2, -0.15) is 13.2 Å². The topological polar surface area (TPSA) is 0 Å². The van der Waals surface area contributed by atoms with Crippen molar-refractivity contribution in [3.8, 4) is 11.1 Å². The number of allylic oxidation sites excluding steroid dienone is 1. The molecule has 0 unspecified atom stereocenters. The van der Waals surface area contributed by atoms with Crippen LogP contribution >= 0.6 is 0 Å². The van der Waals surface area contributed by atoms with Crippen LogP contribution in [0.5, 0.6) is 0 Å². The first-order valence-corrected chi connectivity index (χ1v) is 6.02. The molecule has 1 aliphatic carbocycles. The third kappa shape index (κ3) is 2.16. The van der Waals surface area contributed by atoms with Crippen LogP contribution in [0, 0.1) is 0 Å². The SMILES string of the molecule is FC(F)(F)c1ccc(-c2cccc3c2C=CC3)cc1. The summed E-state index contributed by atoms with van der Waals surface area (Å²) in [5.41, 5.74) is 3.52. The largest absolute Gasteiger partial charge is 0.416 e. The summed E-state index contributed by atoms with van der Waals surface area (Å²) in [6, 6.07) is 11.3. The lowest BCUT2D eigenvalue weighted by atomic mass is 9.96. The summed E-state index contributed by atoms with van der Waals surface area (Å²) in [6.07, 6.45) is 0.710. The molecule has 0 heterocycles. The number of fused-ring (bicyclic) bond motifs is 1. The molecule has 0 N–H and O–H groups in total. The fourth-order valence-corrected chi connectivity index (χ4v) is 2.38. The molecule has 2 aromatic rings. The Morgan fingerprint density at radius 2 is 1.63 bits per heavy atom. The number of halogens is 3. The van der Waals surface area contributed by atoms with Gasteiger partial charge in [0, 0.05) is 0 Å². The molecule has 0 fully saturated rings. The van der Waals surface area contributed by atoms with Crippen LogP contribution in [-0.2, 0) is 12.6 Å². The molecule has 19 heavy (non-hydrogen) atoms. The first-order chi connectivity index (χ1) is 9.05. The minimum absolute atomic E-state index is 0.612. The quantitative estimate of drug-likeness (QED) is 0.681. The van der Waals surface area contributed by atoms with Crippen molar-refractivity contribution in [3.05, 3.63) is 65.2 Å². The van der Waals surface area contributed by atoms with Crippen molar-refractivity contribution < 1.29 is 13.2 Å². The smallest absolute Gasteiger partial charge is 0.166 e. The van der Waals surface area contributed by atoms with E-state index in [0.717, 1.165) is 35.2 Å². The van der Waals surface area contributed by atoms with Gasteiger partial charge in [-0.25, -0.2) is 0 Å². The van der Waals surface area contributed by atoms with Crippen molar-refractivity contribution in [2.24, 2.45) is 0 Å². The molecule has 1 aliphatic rings. The Kier molecular flexibility index (Phi) is 2.70. The van der Waals surface area contributed by atoms with Gasteiger partial charge in [-0.05, 0) is 40.8 Å². The van der Waals surface area contributed by atoms with Crippen LogP contribution in [0.4, 0.5) is 13.2 Å². The fourth-order valence-electron chi connectivity index (χ4n) is 2.38. The molecule has 0 aliphatic heterocycles. The maximum Gasteiger partial charge on any atom is 0.416 e. The maximum absolute atomic E-state index is 12.5. The Morgan fingerprint density at radius 1 is 0.895 bits per heavy atom. The molecule has 0 bridgehead atoms. The highest BCUT2D eigenvalue weighted by Gasteiger charge is 2.30. The Bertz CT molecular complexity index is 634. The number of rotatable bonds is 1. The number of hydrogen-bond acceptors (Lipinski definition) is 0. The van der Waals surface area contributed by atoms with Gasteiger partial charge in [-0.1, -0.05) is 42.5 Å². The van der Waals surface area contributed by atoms with Gasteiger partial charge in [0.25, 0.3) is 0 Å². The van der Waals surface area contributed by atoms with E-state index in [0.29, 0.717) is 0 Å². The highest BCUT2D eigenvalue weighted by Crippen LogP contribution is 2.34. The van der Waals surface area contributed by atoms with E-state index in [4.69, 9.17) is 0 Å². The molecule has 0 saturated heterocycles. The van der Waals surface area contributed by atoms with Crippen molar-refractivity contribution in [2.45, 2.75) is 12.6 Å². The molecule has 2 aromatic carbocycles. The molecule has 0 atom stereocenters. The highest BCUT2D eigenvalue weighted by molar-refractivity contribution is 5.79. The Balaban J connectivity index is 2.04. The van der Waals surface area contributed by atoms with Crippen molar-refractivity contribution in [1.82, 2.24) is 0 Å². The van der Waals surface area contributed by atoms with Crippen LogP contribution in [0.2, 0.25) is 0 Å². The second-order valence-corrected chi connectivity index (χ2v) is 4.56. The molecule has 3 heteroatoms. The van der Waals surface area contributed by atoms with Gasteiger partial charge in [-0.3, -0.25) is 0 Å². The summed E-state index contributed by atoms with van der Waals surface area (Å²) in [4.78, 5) is 0. The standard InChI is InChI=1S/C16H11F3/c17-16(18,19)13-9-7-12(8-10-13)15-6-2-4-11-3-1-5-14(11)15/h1-2,4-10H,3H2. The zero-order chi connectivity index (χ0) is 13.5.